The SMILES string of the molecule is CNCCOCCOCCOCCOC(=O)C(C)(C)C. The first kappa shape index (κ1) is 19.3. The van der Waals surface area contributed by atoms with E-state index < -0.39 is 5.41 Å². The molecule has 0 rings (SSSR count). The number of nitrogens with one attached hydrogen (secondary N) is 1. The summed E-state index contributed by atoms with van der Waals surface area (Å²) in [6, 6.07) is 0. The second kappa shape index (κ2) is 12.1. The first-order valence-corrected chi connectivity index (χ1v) is 7.03. The molecule has 0 fully saturated rings. The van der Waals surface area contributed by atoms with E-state index in [0.717, 1.165) is 6.54 Å². The second-order valence-corrected chi connectivity index (χ2v) is 5.33. The minimum Gasteiger partial charge on any atom is -0.463 e. The second-order valence-electron chi connectivity index (χ2n) is 5.33. The standard InChI is InChI=1S/C14H29NO5/c1-14(2,3)13(16)20-12-11-19-10-9-18-8-7-17-6-5-15-4/h15H,5-12H2,1-4H3. The van der Waals surface area contributed by atoms with Gasteiger partial charge in [0.05, 0.1) is 45.1 Å². The summed E-state index contributed by atoms with van der Waals surface area (Å²) < 4.78 is 21.0. The van der Waals surface area contributed by atoms with Crippen LogP contribution in [0.1, 0.15) is 20.8 Å². The molecule has 0 aliphatic carbocycles. The van der Waals surface area contributed by atoms with Crippen LogP contribution >= 0.6 is 0 Å². The largest absolute Gasteiger partial charge is 0.463 e. The monoisotopic (exact) mass is 291 g/mol. The molecule has 0 aliphatic rings. The molecule has 0 saturated carbocycles. The lowest BCUT2D eigenvalue weighted by atomic mass is 9.97. The molecule has 0 saturated heterocycles. The maximum absolute atomic E-state index is 11.4. The zero-order chi connectivity index (χ0) is 15.3. The van der Waals surface area contributed by atoms with Crippen molar-refractivity contribution in [3.05, 3.63) is 0 Å². The van der Waals surface area contributed by atoms with Crippen molar-refractivity contribution in [2.45, 2.75) is 20.8 Å². The molecule has 1 N–H and O–H groups in total. The molecule has 20 heavy (non-hydrogen) atoms. The van der Waals surface area contributed by atoms with Crippen LogP contribution in [0.5, 0.6) is 0 Å². The van der Waals surface area contributed by atoms with Crippen LogP contribution in [-0.4, -0.2) is 65.8 Å². The normalized spacial score (nSPS) is 11.6. The first-order chi connectivity index (χ1) is 9.48. The van der Waals surface area contributed by atoms with Gasteiger partial charge in [0.15, 0.2) is 0 Å². The van der Waals surface area contributed by atoms with Gasteiger partial charge in [0.1, 0.15) is 6.61 Å². The van der Waals surface area contributed by atoms with E-state index in [1.54, 1.807) is 0 Å². The van der Waals surface area contributed by atoms with Crippen molar-refractivity contribution in [3.8, 4) is 0 Å². The molecule has 0 heterocycles. The van der Waals surface area contributed by atoms with E-state index in [-0.39, 0.29) is 12.6 Å². The molecule has 0 aliphatic heterocycles. The summed E-state index contributed by atoms with van der Waals surface area (Å²) in [7, 11) is 1.88. The number of hydrogen-bond acceptors (Lipinski definition) is 6. The van der Waals surface area contributed by atoms with Gasteiger partial charge in [-0.3, -0.25) is 4.79 Å². The lowest BCUT2D eigenvalue weighted by molar-refractivity contribution is -0.154. The number of ether oxygens (including phenoxy) is 4. The summed E-state index contributed by atoms with van der Waals surface area (Å²) in [5, 5.41) is 2.99. The summed E-state index contributed by atoms with van der Waals surface area (Å²) in [4.78, 5) is 11.4. The number of hydrogen-bond donors (Lipinski definition) is 1. The Morgan fingerprint density at radius 2 is 1.30 bits per heavy atom. The van der Waals surface area contributed by atoms with E-state index >= 15 is 0 Å². The summed E-state index contributed by atoms with van der Waals surface area (Å²) in [5.41, 5.74) is -0.462. The molecule has 6 heteroatoms. The van der Waals surface area contributed by atoms with Crippen molar-refractivity contribution in [1.29, 1.82) is 0 Å². The average molecular weight is 291 g/mol. The summed E-state index contributed by atoms with van der Waals surface area (Å²) >= 11 is 0. The van der Waals surface area contributed by atoms with Crippen molar-refractivity contribution in [2.24, 2.45) is 5.41 Å². The highest BCUT2D eigenvalue weighted by atomic mass is 16.6. The number of rotatable bonds is 12. The summed E-state index contributed by atoms with van der Waals surface area (Å²) in [6.07, 6.45) is 0. The molecule has 0 aromatic heterocycles. The van der Waals surface area contributed by atoms with Gasteiger partial charge in [0.25, 0.3) is 0 Å². The maximum atomic E-state index is 11.4. The van der Waals surface area contributed by atoms with Gasteiger partial charge in [-0.1, -0.05) is 0 Å². The lowest BCUT2D eigenvalue weighted by Gasteiger charge is -2.16. The Morgan fingerprint density at radius 1 is 0.850 bits per heavy atom. The fourth-order valence-corrected chi connectivity index (χ4v) is 1.13. The smallest absolute Gasteiger partial charge is 0.311 e. The Balaban J connectivity index is 3.16. The van der Waals surface area contributed by atoms with E-state index in [0.29, 0.717) is 39.6 Å². The topological polar surface area (TPSA) is 66.0 Å². The van der Waals surface area contributed by atoms with Crippen LogP contribution in [0.25, 0.3) is 0 Å². The van der Waals surface area contributed by atoms with Crippen LogP contribution in [0.15, 0.2) is 0 Å². The molecule has 0 amide bonds. The lowest BCUT2D eigenvalue weighted by Crippen LogP contribution is -2.24. The minimum absolute atomic E-state index is 0.212. The van der Waals surface area contributed by atoms with Crippen LogP contribution in [0.2, 0.25) is 0 Å². The van der Waals surface area contributed by atoms with Crippen LogP contribution in [0.4, 0.5) is 0 Å². The third kappa shape index (κ3) is 12.3. The Labute approximate surface area is 122 Å². The first-order valence-electron chi connectivity index (χ1n) is 7.03. The molecule has 6 nitrogen and oxygen atoms in total. The summed E-state index contributed by atoms with van der Waals surface area (Å²) in [6.45, 7) is 9.83. The van der Waals surface area contributed by atoms with Crippen molar-refractivity contribution in [1.82, 2.24) is 5.32 Å². The fraction of sp³-hybridized carbons (Fsp3) is 0.929. The van der Waals surface area contributed by atoms with Crippen molar-refractivity contribution < 1.29 is 23.7 Å². The van der Waals surface area contributed by atoms with E-state index in [1.807, 2.05) is 27.8 Å². The maximum Gasteiger partial charge on any atom is 0.311 e. The van der Waals surface area contributed by atoms with Crippen LogP contribution in [-0.2, 0) is 23.7 Å². The van der Waals surface area contributed by atoms with Gasteiger partial charge in [0, 0.05) is 6.54 Å². The highest BCUT2D eigenvalue weighted by molar-refractivity contribution is 5.75. The van der Waals surface area contributed by atoms with Crippen LogP contribution < -0.4 is 5.32 Å². The molecule has 0 spiro atoms. The minimum atomic E-state index is -0.462. The third-order valence-electron chi connectivity index (χ3n) is 2.31. The highest BCUT2D eigenvalue weighted by Crippen LogP contribution is 2.14. The van der Waals surface area contributed by atoms with E-state index in [2.05, 4.69) is 5.32 Å². The van der Waals surface area contributed by atoms with E-state index in [1.165, 1.54) is 0 Å². The average Bonchev–Trinajstić information content (AvgIpc) is 2.38. The molecule has 0 aromatic carbocycles. The molecule has 0 bridgehead atoms. The fourth-order valence-electron chi connectivity index (χ4n) is 1.13. The Kier molecular flexibility index (Phi) is 11.7. The van der Waals surface area contributed by atoms with Crippen molar-refractivity contribution in [2.75, 3.05) is 59.8 Å². The summed E-state index contributed by atoms with van der Waals surface area (Å²) in [5.74, 6) is -0.212. The third-order valence-corrected chi connectivity index (χ3v) is 2.31. The van der Waals surface area contributed by atoms with Gasteiger partial charge in [-0.25, -0.2) is 0 Å². The zero-order valence-electron chi connectivity index (χ0n) is 13.2. The van der Waals surface area contributed by atoms with Crippen molar-refractivity contribution in [3.63, 3.8) is 0 Å². The van der Waals surface area contributed by atoms with Crippen LogP contribution in [0, 0.1) is 5.41 Å². The van der Waals surface area contributed by atoms with Gasteiger partial charge in [-0.05, 0) is 27.8 Å². The number of esters is 1. The van der Waals surface area contributed by atoms with Gasteiger partial charge in [-0.15, -0.1) is 0 Å². The number of carbonyl (C=O) groups is 1. The van der Waals surface area contributed by atoms with Gasteiger partial charge in [0.2, 0.25) is 0 Å². The van der Waals surface area contributed by atoms with Gasteiger partial charge >= 0.3 is 5.97 Å². The molecular formula is C14H29NO5. The van der Waals surface area contributed by atoms with E-state index in [4.69, 9.17) is 18.9 Å². The Morgan fingerprint density at radius 3 is 1.75 bits per heavy atom. The van der Waals surface area contributed by atoms with E-state index in [9.17, 15) is 4.79 Å². The molecule has 0 atom stereocenters. The predicted octanol–water partition coefficient (Wildman–Crippen LogP) is 0.845. The predicted molar refractivity (Wildman–Crippen MR) is 76.8 cm³/mol. The molecule has 0 radical (unpaired) electrons. The molecule has 120 valence electrons. The number of carbonyl (C=O) groups excluding carboxylic acids is 1. The van der Waals surface area contributed by atoms with Gasteiger partial charge < -0.3 is 24.3 Å². The molecule has 0 aromatic rings. The quantitative estimate of drug-likeness (QED) is 0.425. The zero-order valence-corrected chi connectivity index (χ0v) is 13.2. The molecular weight excluding hydrogens is 262 g/mol. The van der Waals surface area contributed by atoms with Gasteiger partial charge in [-0.2, -0.15) is 0 Å². The number of likely N-dealkylation sites (N-methyl/N-ethyl adjacent to an activating group) is 1. The van der Waals surface area contributed by atoms with Crippen molar-refractivity contribution >= 4 is 5.97 Å². The highest BCUT2D eigenvalue weighted by Gasteiger charge is 2.22. The molecule has 0 unspecified atom stereocenters. The van der Waals surface area contributed by atoms with Crippen LogP contribution in [0.3, 0.4) is 0 Å². The Bertz CT molecular complexity index is 240. The Hall–Kier alpha value is -0.690.